The Labute approximate surface area is 151 Å². The van der Waals surface area contributed by atoms with Gasteiger partial charge >= 0.3 is 12.0 Å². The first-order chi connectivity index (χ1) is 12.6. The third kappa shape index (κ3) is 6.45. The quantitative estimate of drug-likeness (QED) is 0.599. The third-order valence-corrected chi connectivity index (χ3v) is 3.51. The van der Waals surface area contributed by atoms with Gasteiger partial charge in [0.2, 0.25) is 0 Å². The van der Waals surface area contributed by atoms with Crippen LogP contribution in [0.1, 0.15) is 22.3 Å². The summed E-state index contributed by atoms with van der Waals surface area (Å²) in [6.45, 7) is 1.46. The lowest BCUT2D eigenvalue weighted by atomic mass is 10.1. The minimum absolute atomic E-state index is 0.209. The van der Waals surface area contributed by atoms with E-state index < -0.39 is 5.97 Å². The highest BCUT2D eigenvalue weighted by Gasteiger charge is 2.05. The van der Waals surface area contributed by atoms with Gasteiger partial charge in [0.15, 0.2) is 0 Å². The zero-order chi connectivity index (χ0) is 18.8. The van der Waals surface area contributed by atoms with E-state index in [9.17, 15) is 9.59 Å². The molecule has 2 amide bonds. The van der Waals surface area contributed by atoms with Gasteiger partial charge in [-0.25, -0.2) is 9.59 Å². The van der Waals surface area contributed by atoms with Crippen LogP contribution in [0.5, 0.6) is 5.75 Å². The van der Waals surface area contributed by atoms with Gasteiger partial charge in [-0.05, 0) is 29.8 Å². The van der Waals surface area contributed by atoms with Gasteiger partial charge in [0.05, 0.1) is 12.2 Å². The van der Waals surface area contributed by atoms with Gasteiger partial charge in [-0.1, -0.05) is 18.2 Å². The summed E-state index contributed by atoms with van der Waals surface area (Å²) in [6, 6.07) is 13.1. The average Bonchev–Trinajstić information content (AvgIpc) is 2.64. The molecule has 0 aliphatic rings. The standard InChI is InChI=1S/C19H22N2O5/c1-25-10-3-11-26-17-5-2-4-16(12-17)21-19(24)20-13-14-6-8-15(9-7-14)18(22)23/h2,4-9,12H,3,10-11,13H2,1H3,(H,22,23)(H2,20,21,24). The van der Waals surface area contributed by atoms with Crippen LogP contribution in [-0.4, -0.2) is 37.4 Å². The molecular weight excluding hydrogens is 336 g/mol. The molecule has 0 bridgehead atoms. The first-order valence-corrected chi connectivity index (χ1v) is 8.17. The van der Waals surface area contributed by atoms with Crippen LogP contribution >= 0.6 is 0 Å². The van der Waals surface area contributed by atoms with Gasteiger partial charge in [0.1, 0.15) is 5.75 Å². The minimum atomic E-state index is -0.980. The number of methoxy groups -OCH3 is 1. The first kappa shape index (κ1) is 19.3. The van der Waals surface area contributed by atoms with E-state index in [0.717, 1.165) is 12.0 Å². The van der Waals surface area contributed by atoms with Crippen LogP contribution in [0.15, 0.2) is 48.5 Å². The number of ether oxygens (including phenoxy) is 2. The number of carbonyl (C=O) groups is 2. The van der Waals surface area contributed by atoms with Crippen molar-refractivity contribution >= 4 is 17.7 Å². The number of benzene rings is 2. The summed E-state index contributed by atoms with van der Waals surface area (Å²) in [7, 11) is 1.64. The van der Waals surface area contributed by atoms with Crippen molar-refractivity contribution in [1.29, 1.82) is 0 Å². The summed E-state index contributed by atoms with van der Waals surface area (Å²) in [5.41, 5.74) is 1.63. The molecule has 0 aliphatic heterocycles. The molecule has 0 saturated carbocycles. The Morgan fingerprint density at radius 3 is 2.54 bits per heavy atom. The number of anilines is 1. The molecule has 0 saturated heterocycles. The Bertz CT molecular complexity index is 731. The fraction of sp³-hybridized carbons (Fsp3) is 0.263. The summed E-state index contributed by atoms with van der Waals surface area (Å²) in [5, 5.41) is 14.3. The molecule has 3 N–H and O–H groups in total. The van der Waals surface area contributed by atoms with Crippen LogP contribution in [0.2, 0.25) is 0 Å². The number of carboxylic acids is 1. The summed E-state index contributed by atoms with van der Waals surface area (Å²) in [4.78, 5) is 22.8. The lowest BCUT2D eigenvalue weighted by molar-refractivity contribution is 0.0697. The van der Waals surface area contributed by atoms with E-state index in [4.69, 9.17) is 14.6 Å². The molecule has 2 rings (SSSR count). The molecule has 0 atom stereocenters. The number of amides is 2. The Kier molecular flexibility index (Phi) is 7.45. The molecule has 7 heteroatoms. The Balaban J connectivity index is 1.80. The SMILES string of the molecule is COCCCOc1cccc(NC(=O)NCc2ccc(C(=O)O)cc2)c1. The Morgan fingerprint density at radius 1 is 1.08 bits per heavy atom. The number of rotatable bonds is 9. The predicted octanol–water partition coefficient (Wildman–Crippen LogP) is 3.12. The fourth-order valence-corrected chi connectivity index (χ4v) is 2.18. The van der Waals surface area contributed by atoms with Gasteiger partial charge in [-0.2, -0.15) is 0 Å². The molecule has 0 fully saturated rings. The maximum atomic E-state index is 12.0. The molecular formula is C19H22N2O5. The highest BCUT2D eigenvalue weighted by Crippen LogP contribution is 2.17. The number of urea groups is 1. The number of aromatic carboxylic acids is 1. The van der Waals surface area contributed by atoms with Gasteiger partial charge in [0.25, 0.3) is 0 Å². The van der Waals surface area contributed by atoms with Crippen molar-refractivity contribution in [2.75, 3.05) is 25.6 Å². The van der Waals surface area contributed by atoms with Gasteiger partial charge in [-0.15, -0.1) is 0 Å². The second-order valence-corrected chi connectivity index (χ2v) is 5.53. The van der Waals surface area contributed by atoms with E-state index in [1.165, 1.54) is 12.1 Å². The second kappa shape index (κ2) is 10.0. The van der Waals surface area contributed by atoms with Crippen molar-refractivity contribution in [2.24, 2.45) is 0 Å². The molecule has 2 aromatic carbocycles. The van der Waals surface area contributed by atoms with E-state index in [1.807, 2.05) is 6.07 Å². The van der Waals surface area contributed by atoms with Crippen LogP contribution in [0.3, 0.4) is 0 Å². The zero-order valence-electron chi connectivity index (χ0n) is 14.5. The molecule has 26 heavy (non-hydrogen) atoms. The molecule has 0 radical (unpaired) electrons. The van der Waals surface area contributed by atoms with Crippen LogP contribution in [0, 0.1) is 0 Å². The van der Waals surface area contributed by atoms with E-state index in [-0.39, 0.29) is 11.6 Å². The van der Waals surface area contributed by atoms with Crippen molar-refractivity contribution in [2.45, 2.75) is 13.0 Å². The molecule has 0 heterocycles. The lowest BCUT2D eigenvalue weighted by Crippen LogP contribution is -2.28. The van der Waals surface area contributed by atoms with Crippen molar-refractivity contribution in [3.05, 3.63) is 59.7 Å². The first-order valence-electron chi connectivity index (χ1n) is 8.17. The van der Waals surface area contributed by atoms with E-state index in [0.29, 0.717) is 31.2 Å². The third-order valence-electron chi connectivity index (χ3n) is 3.51. The highest BCUT2D eigenvalue weighted by molar-refractivity contribution is 5.89. The van der Waals surface area contributed by atoms with Crippen LogP contribution in [-0.2, 0) is 11.3 Å². The molecule has 7 nitrogen and oxygen atoms in total. The number of carbonyl (C=O) groups excluding carboxylic acids is 1. The van der Waals surface area contributed by atoms with Gasteiger partial charge < -0.3 is 25.2 Å². The zero-order valence-corrected chi connectivity index (χ0v) is 14.5. The van der Waals surface area contributed by atoms with Crippen molar-refractivity contribution in [3.63, 3.8) is 0 Å². The molecule has 2 aromatic rings. The largest absolute Gasteiger partial charge is 0.493 e. The molecule has 0 unspecified atom stereocenters. The normalized spacial score (nSPS) is 10.2. The van der Waals surface area contributed by atoms with Crippen LogP contribution < -0.4 is 15.4 Å². The van der Waals surface area contributed by atoms with Gasteiger partial charge in [-0.3, -0.25) is 0 Å². The van der Waals surface area contributed by atoms with Crippen molar-refractivity contribution < 1.29 is 24.2 Å². The average molecular weight is 358 g/mol. The molecule has 138 valence electrons. The lowest BCUT2D eigenvalue weighted by Gasteiger charge is -2.10. The molecule has 0 spiro atoms. The predicted molar refractivity (Wildman–Crippen MR) is 97.7 cm³/mol. The van der Waals surface area contributed by atoms with Crippen molar-refractivity contribution in [3.8, 4) is 5.75 Å². The van der Waals surface area contributed by atoms with Gasteiger partial charge in [0, 0.05) is 38.4 Å². The monoisotopic (exact) mass is 358 g/mol. The smallest absolute Gasteiger partial charge is 0.335 e. The Hall–Kier alpha value is -3.06. The topological polar surface area (TPSA) is 96.9 Å². The Morgan fingerprint density at radius 2 is 1.85 bits per heavy atom. The molecule has 0 aliphatic carbocycles. The maximum Gasteiger partial charge on any atom is 0.335 e. The second-order valence-electron chi connectivity index (χ2n) is 5.53. The van der Waals surface area contributed by atoms with E-state index >= 15 is 0 Å². The summed E-state index contributed by atoms with van der Waals surface area (Å²) >= 11 is 0. The summed E-state index contributed by atoms with van der Waals surface area (Å²) in [5.74, 6) is -0.310. The number of hydrogen-bond acceptors (Lipinski definition) is 4. The maximum absolute atomic E-state index is 12.0. The minimum Gasteiger partial charge on any atom is -0.493 e. The highest BCUT2D eigenvalue weighted by atomic mass is 16.5. The number of nitrogens with one attached hydrogen (secondary N) is 2. The summed E-state index contributed by atoms with van der Waals surface area (Å²) < 4.78 is 10.6. The van der Waals surface area contributed by atoms with E-state index in [1.54, 1.807) is 37.4 Å². The number of hydrogen-bond donors (Lipinski definition) is 3. The van der Waals surface area contributed by atoms with Crippen molar-refractivity contribution in [1.82, 2.24) is 5.32 Å². The number of carboxylic acid groups (broad SMARTS) is 1. The van der Waals surface area contributed by atoms with Crippen LogP contribution in [0.4, 0.5) is 10.5 Å². The summed E-state index contributed by atoms with van der Waals surface area (Å²) in [6.07, 6.45) is 0.787. The van der Waals surface area contributed by atoms with E-state index in [2.05, 4.69) is 10.6 Å². The van der Waals surface area contributed by atoms with Crippen LogP contribution in [0.25, 0.3) is 0 Å². The fourth-order valence-electron chi connectivity index (χ4n) is 2.18. The molecule has 0 aromatic heterocycles.